The number of anilines is 1. The van der Waals surface area contributed by atoms with Crippen LogP contribution in [0.25, 0.3) is 5.69 Å². The number of hydrogen-bond acceptors (Lipinski definition) is 4. The maximum Gasteiger partial charge on any atom is 0.247 e. The fourth-order valence-electron chi connectivity index (χ4n) is 4.83. The Balaban J connectivity index is 1.85. The number of aromatic nitrogens is 1. The summed E-state index contributed by atoms with van der Waals surface area (Å²) in [6.07, 6.45) is 3.80. The number of methoxy groups -OCH3 is 2. The molecule has 0 saturated carbocycles. The zero-order chi connectivity index (χ0) is 25.8. The monoisotopic (exact) mass is 489 g/mol. The van der Waals surface area contributed by atoms with Crippen LogP contribution in [-0.2, 0) is 9.59 Å². The molecule has 0 spiro atoms. The van der Waals surface area contributed by atoms with E-state index in [0.29, 0.717) is 18.0 Å². The molecule has 0 fully saturated rings. The van der Waals surface area contributed by atoms with Gasteiger partial charge in [-0.1, -0.05) is 39.3 Å². The van der Waals surface area contributed by atoms with E-state index in [1.54, 1.807) is 19.1 Å². The van der Waals surface area contributed by atoms with E-state index in [-0.39, 0.29) is 24.3 Å². The first-order valence-electron chi connectivity index (χ1n) is 12.5. The molecular weight excluding hydrogens is 454 g/mol. The predicted octanol–water partition coefficient (Wildman–Crippen LogP) is 5.22. The van der Waals surface area contributed by atoms with Gasteiger partial charge in [0.1, 0.15) is 24.1 Å². The maximum absolute atomic E-state index is 14.2. The van der Waals surface area contributed by atoms with Crippen LogP contribution in [0.3, 0.4) is 0 Å². The number of nitrogens with zero attached hydrogens (tertiary/aromatic N) is 3. The van der Waals surface area contributed by atoms with Crippen molar-refractivity contribution in [3.05, 3.63) is 72.1 Å². The van der Waals surface area contributed by atoms with Gasteiger partial charge in [-0.15, -0.1) is 0 Å². The molecule has 1 atom stereocenters. The minimum Gasteiger partial charge on any atom is -0.497 e. The lowest BCUT2D eigenvalue weighted by atomic mass is 9.96. The first-order chi connectivity index (χ1) is 17.4. The molecule has 4 rings (SSSR count). The molecule has 2 heterocycles. The summed E-state index contributed by atoms with van der Waals surface area (Å²) in [4.78, 5) is 30.7. The van der Waals surface area contributed by atoms with Crippen LogP contribution in [0.2, 0.25) is 0 Å². The summed E-state index contributed by atoms with van der Waals surface area (Å²) in [6.45, 7) is 6.39. The van der Waals surface area contributed by atoms with E-state index in [0.717, 1.165) is 35.5 Å². The lowest BCUT2D eigenvalue weighted by molar-refractivity contribution is -0.138. The molecule has 36 heavy (non-hydrogen) atoms. The van der Waals surface area contributed by atoms with Crippen molar-refractivity contribution in [3.8, 4) is 17.2 Å². The molecule has 0 aliphatic carbocycles. The van der Waals surface area contributed by atoms with E-state index < -0.39 is 6.04 Å². The molecule has 2 aromatic carbocycles. The molecule has 1 aliphatic heterocycles. The van der Waals surface area contributed by atoms with E-state index in [9.17, 15) is 9.59 Å². The Morgan fingerprint density at radius 2 is 1.75 bits per heavy atom. The Morgan fingerprint density at radius 1 is 1.00 bits per heavy atom. The number of fused-ring (bicyclic) bond motifs is 3. The van der Waals surface area contributed by atoms with Gasteiger partial charge >= 0.3 is 0 Å². The molecule has 3 aromatic rings. The van der Waals surface area contributed by atoms with Crippen LogP contribution in [0, 0.1) is 5.92 Å². The summed E-state index contributed by atoms with van der Waals surface area (Å²) >= 11 is 0. The van der Waals surface area contributed by atoms with Crippen LogP contribution < -0.4 is 14.4 Å². The van der Waals surface area contributed by atoms with Crippen LogP contribution in [0.1, 0.15) is 50.9 Å². The summed E-state index contributed by atoms with van der Waals surface area (Å²) < 4.78 is 13.4. The highest BCUT2D eigenvalue weighted by Crippen LogP contribution is 2.45. The van der Waals surface area contributed by atoms with Gasteiger partial charge in [-0.25, -0.2) is 0 Å². The van der Waals surface area contributed by atoms with Gasteiger partial charge in [0.15, 0.2) is 0 Å². The second kappa shape index (κ2) is 10.9. The quantitative estimate of drug-likeness (QED) is 0.414. The van der Waals surface area contributed by atoms with Crippen LogP contribution in [0.5, 0.6) is 11.5 Å². The summed E-state index contributed by atoms with van der Waals surface area (Å²) in [5.74, 6) is 0.993. The van der Waals surface area contributed by atoms with Crippen molar-refractivity contribution in [3.63, 3.8) is 0 Å². The molecule has 0 N–H and O–H groups in total. The number of unbranched alkanes of at least 4 members (excludes halogenated alkanes) is 1. The number of amides is 2. The summed E-state index contributed by atoms with van der Waals surface area (Å²) in [6, 6.07) is 17.0. The molecule has 1 unspecified atom stereocenters. The maximum atomic E-state index is 14.2. The molecule has 7 nitrogen and oxygen atoms in total. The molecular formula is C29H35N3O4. The topological polar surface area (TPSA) is 64.0 Å². The van der Waals surface area contributed by atoms with Gasteiger partial charge in [-0.2, -0.15) is 0 Å². The van der Waals surface area contributed by atoms with Gasteiger partial charge in [0.2, 0.25) is 11.8 Å². The molecule has 190 valence electrons. The van der Waals surface area contributed by atoms with Gasteiger partial charge in [0, 0.05) is 24.2 Å². The number of carbonyl (C=O) groups excluding carboxylic acids is 2. The normalized spacial score (nSPS) is 14.3. The molecule has 1 aliphatic rings. The van der Waals surface area contributed by atoms with E-state index in [4.69, 9.17) is 9.47 Å². The van der Waals surface area contributed by atoms with Crippen molar-refractivity contribution in [2.75, 3.05) is 32.2 Å². The average Bonchev–Trinajstić information content (AvgIpc) is 3.39. The largest absolute Gasteiger partial charge is 0.497 e. The minimum atomic E-state index is -0.463. The first-order valence-corrected chi connectivity index (χ1v) is 12.5. The Morgan fingerprint density at radius 3 is 2.42 bits per heavy atom. The number of ether oxygens (including phenoxy) is 2. The van der Waals surface area contributed by atoms with Gasteiger partial charge in [0.05, 0.1) is 31.3 Å². The molecule has 0 radical (unpaired) electrons. The molecule has 2 amide bonds. The van der Waals surface area contributed by atoms with E-state index in [1.807, 2.05) is 79.5 Å². The van der Waals surface area contributed by atoms with E-state index in [1.165, 1.54) is 0 Å². The highest BCUT2D eigenvalue weighted by atomic mass is 16.5. The molecule has 0 bridgehead atoms. The average molecular weight is 490 g/mol. The van der Waals surface area contributed by atoms with Crippen molar-refractivity contribution < 1.29 is 19.1 Å². The van der Waals surface area contributed by atoms with Crippen molar-refractivity contribution in [2.24, 2.45) is 5.92 Å². The van der Waals surface area contributed by atoms with Gasteiger partial charge in [-0.05, 0) is 48.9 Å². The van der Waals surface area contributed by atoms with E-state index in [2.05, 4.69) is 11.5 Å². The lowest BCUT2D eigenvalue weighted by Crippen LogP contribution is -2.47. The van der Waals surface area contributed by atoms with Crippen molar-refractivity contribution in [1.82, 2.24) is 9.47 Å². The third-order valence-corrected chi connectivity index (χ3v) is 6.63. The van der Waals surface area contributed by atoms with E-state index >= 15 is 0 Å². The number of rotatable bonds is 9. The number of para-hydroxylation sites is 2. The minimum absolute atomic E-state index is 0.00877. The third-order valence-electron chi connectivity index (χ3n) is 6.63. The van der Waals surface area contributed by atoms with Crippen LogP contribution in [-0.4, -0.2) is 48.6 Å². The van der Waals surface area contributed by atoms with Crippen LogP contribution in [0.4, 0.5) is 5.69 Å². The smallest absolute Gasteiger partial charge is 0.247 e. The molecule has 7 heteroatoms. The predicted molar refractivity (Wildman–Crippen MR) is 141 cm³/mol. The SMILES string of the molecule is CCCCN(CC(=O)N1c2ccccc2-n2cccc2C1c1cc(OC)ccc1OC)C(=O)C(C)C. The fourth-order valence-corrected chi connectivity index (χ4v) is 4.83. The van der Waals surface area contributed by atoms with Gasteiger partial charge < -0.3 is 18.9 Å². The second-order valence-corrected chi connectivity index (χ2v) is 9.33. The van der Waals surface area contributed by atoms with Crippen LogP contribution in [0.15, 0.2) is 60.8 Å². The zero-order valence-corrected chi connectivity index (χ0v) is 21.7. The Hall–Kier alpha value is -3.74. The third kappa shape index (κ3) is 4.70. The molecule has 0 saturated heterocycles. The standard InChI is InChI=1S/C29H35N3O4/c1-6-7-16-30(29(34)20(2)3)19-27(33)32-24-12-9-8-11-23(24)31-17-10-13-25(31)28(32)22-18-21(35-4)14-15-26(22)36-5/h8-15,17-18,20,28H,6-7,16,19H2,1-5H3. The highest BCUT2D eigenvalue weighted by molar-refractivity contribution is 6.00. The summed E-state index contributed by atoms with van der Waals surface area (Å²) in [7, 11) is 3.25. The van der Waals surface area contributed by atoms with Gasteiger partial charge in [-0.3, -0.25) is 14.5 Å². The fraction of sp³-hybridized carbons (Fsp3) is 0.379. The number of carbonyl (C=O) groups is 2. The molecule has 1 aromatic heterocycles. The first kappa shape index (κ1) is 25.4. The highest BCUT2D eigenvalue weighted by Gasteiger charge is 2.38. The number of hydrogen-bond donors (Lipinski definition) is 0. The van der Waals surface area contributed by atoms with Crippen molar-refractivity contribution >= 4 is 17.5 Å². The Bertz CT molecular complexity index is 1230. The summed E-state index contributed by atoms with van der Waals surface area (Å²) in [5.41, 5.74) is 3.45. The lowest BCUT2D eigenvalue weighted by Gasteiger charge is -2.40. The van der Waals surface area contributed by atoms with Crippen LogP contribution >= 0.6 is 0 Å². The Labute approximate surface area is 213 Å². The second-order valence-electron chi connectivity index (χ2n) is 9.33. The zero-order valence-electron chi connectivity index (χ0n) is 21.7. The Kier molecular flexibility index (Phi) is 7.67. The van der Waals surface area contributed by atoms with Gasteiger partial charge in [0.25, 0.3) is 0 Å². The summed E-state index contributed by atoms with van der Waals surface area (Å²) in [5, 5.41) is 0. The number of benzene rings is 2. The van der Waals surface area contributed by atoms with Crippen molar-refractivity contribution in [1.29, 1.82) is 0 Å². The van der Waals surface area contributed by atoms with Crippen molar-refractivity contribution in [2.45, 2.75) is 39.7 Å².